The van der Waals surface area contributed by atoms with Crippen LogP contribution >= 0.6 is 0 Å². The first kappa shape index (κ1) is 17.1. The Morgan fingerprint density at radius 3 is 2.52 bits per heavy atom. The number of rotatable bonds is 7. The van der Waals surface area contributed by atoms with Crippen molar-refractivity contribution >= 4 is 11.6 Å². The first-order valence-corrected chi connectivity index (χ1v) is 8.24. The van der Waals surface area contributed by atoms with Crippen LogP contribution in [0.4, 0.5) is 5.69 Å². The van der Waals surface area contributed by atoms with Crippen molar-refractivity contribution in [2.75, 3.05) is 11.9 Å². The molecule has 2 aromatic carbocycles. The predicted octanol–water partition coefficient (Wildman–Crippen LogP) is 4.53. The van der Waals surface area contributed by atoms with Gasteiger partial charge in [-0.05, 0) is 49.4 Å². The lowest BCUT2D eigenvalue weighted by atomic mass is 10.0. The Hall–Kier alpha value is -2.29. The number of carbonyl (C=O) groups is 1. The molecule has 0 spiro atoms. The third-order valence-electron chi connectivity index (χ3n) is 3.90. The molecule has 3 heteroatoms. The SMILES string of the molecule is CCOc1ccccc1CCC(=O)Nc1c(C)cccc1CC. The van der Waals surface area contributed by atoms with Gasteiger partial charge in [0.15, 0.2) is 0 Å². The van der Waals surface area contributed by atoms with Crippen molar-refractivity contribution in [1.29, 1.82) is 0 Å². The lowest BCUT2D eigenvalue weighted by Gasteiger charge is -2.13. The zero-order valence-electron chi connectivity index (χ0n) is 14.2. The van der Waals surface area contributed by atoms with Gasteiger partial charge in [0.05, 0.1) is 6.61 Å². The fourth-order valence-electron chi connectivity index (χ4n) is 2.66. The Kier molecular flexibility index (Phi) is 6.21. The van der Waals surface area contributed by atoms with Gasteiger partial charge in [-0.25, -0.2) is 0 Å². The lowest BCUT2D eigenvalue weighted by molar-refractivity contribution is -0.116. The molecule has 0 saturated heterocycles. The minimum Gasteiger partial charge on any atom is -0.494 e. The summed E-state index contributed by atoms with van der Waals surface area (Å²) in [5, 5.41) is 3.07. The van der Waals surface area contributed by atoms with Crippen molar-refractivity contribution in [2.45, 2.75) is 40.0 Å². The van der Waals surface area contributed by atoms with Crippen LogP contribution in [0.2, 0.25) is 0 Å². The quantitative estimate of drug-likeness (QED) is 0.816. The van der Waals surface area contributed by atoms with Crippen molar-refractivity contribution in [2.24, 2.45) is 0 Å². The maximum absolute atomic E-state index is 12.3. The molecule has 3 nitrogen and oxygen atoms in total. The fourth-order valence-corrected chi connectivity index (χ4v) is 2.66. The Bertz CT molecular complexity index is 664. The van der Waals surface area contributed by atoms with Crippen LogP contribution in [0.1, 0.15) is 37.0 Å². The number of hydrogen-bond donors (Lipinski definition) is 1. The van der Waals surface area contributed by atoms with Crippen molar-refractivity contribution in [3.63, 3.8) is 0 Å². The van der Waals surface area contributed by atoms with Gasteiger partial charge in [0.25, 0.3) is 0 Å². The molecule has 2 rings (SSSR count). The van der Waals surface area contributed by atoms with Crippen molar-refractivity contribution in [3.8, 4) is 5.75 Å². The molecular weight excluding hydrogens is 286 g/mol. The van der Waals surface area contributed by atoms with E-state index in [0.717, 1.165) is 29.0 Å². The van der Waals surface area contributed by atoms with Gasteiger partial charge in [-0.15, -0.1) is 0 Å². The topological polar surface area (TPSA) is 38.3 Å². The Morgan fingerprint density at radius 2 is 1.78 bits per heavy atom. The summed E-state index contributed by atoms with van der Waals surface area (Å²) < 4.78 is 5.61. The number of hydrogen-bond acceptors (Lipinski definition) is 2. The molecule has 1 N–H and O–H groups in total. The minimum absolute atomic E-state index is 0.0419. The summed E-state index contributed by atoms with van der Waals surface area (Å²) in [5.74, 6) is 0.910. The van der Waals surface area contributed by atoms with E-state index in [-0.39, 0.29) is 5.91 Å². The molecule has 0 aromatic heterocycles. The molecule has 0 heterocycles. The highest BCUT2D eigenvalue weighted by Gasteiger charge is 2.10. The number of para-hydroxylation sites is 2. The number of aryl methyl sites for hydroxylation is 3. The number of carbonyl (C=O) groups excluding carboxylic acids is 1. The van der Waals surface area contributed by atoms with Gasteiger partial charge in [-0.1, -0.05) is 43.3 Å². The third kappa shape index (κ3) is 4.59. The molecule has 0 bridgehead atoms. The molecule has 23 heavy (non-hydrogen) atoms. The van der Waals surface area contributed by atoms with E-state index in [2.05, 4.69) is 18.3 Å². The van der Waals surface area contributed by atoms with E-state index in [1.54, 1.807) is 0 Å². The summed E-state index contributed by atoms with van der Waals surface area (Å²) in [5.41, 5.74) is 4.31. The second-order valence-corrected chi connectivity index (χ2v) is 5.55. The number of benzene rings is 2. The van der Waals surface area contributed by atoms with E-state index in [1.165, 1.54) is 5.56 Å². The molecule has 0 atom stereocenters. The van der Waals surface area contributed by atoms with E-state index in [1.807, 2.05) is 50.2 Å². The molecule has 2 aromatic rings. The average Bonchev–Trinajstić information content (AvgIpc) is 2.56. The molecule has 0 radical (unpaired) electrons. The second-order valence-electron chi connectivity index (χ2n) is 5.55. The summed E-state index contributed by atoms with van der Waals surface area (Å²) in [4.78, 5) is 12.3. The number of nitrogens with one attached hydrogen (secondary N) is 1. The van der Waals surface area contributed by atoms with Crippen molar-refractivity contribution < 1.29 is 9.53 Å². The normalized spacial score (nSPS) is 10.4. The van der Waals surface area contributed by atoms with Crippen LogP contribution < -0.4 is 10.1 Å². The van der Waals surface area contributed by atoms with Gasteiger partial charge in [0, 0.05) is 12.1 Å². The largest absolute Gasteiger partial charge is 0.494 e. The van der Waals surface area contributed by atoms with Crippen LogP contribution in [0.15, 0.2) is 42.5 Å². The predicted molar refractivity (Wildman–Crippen MR) is 95.1 cm³/mol. The molecular formula is C20H25NO2. The van der Waals surface area contributed by atoms with Gasteiger partial charge in [-0.3, -0.25) is 4.79 Å². The first-order valence-electron chi connectivity index (χ1n) is 8.24. The summed E-state index contributed by atoms with van der Waals surface area (Å²) in [6.07, 6.45) is 2.03. The Labute approximate surface area is 138 Å². The van der Waals surface area contributed by atoms with Gasteiger partial charge >= 0.3 is 0 Å². The minimum atomic E-state index is 0.0419. The van der Waals surface area contributed by atoms with E-state index in [4.69, 9.17) is 4.74 Å². The fraction of sp³-hybridized carbons (Fsp3) is 0.350. The van der Waals surface area contributed by atoms with Crippen molar-refractivity contribution in [3.05, 3.63) is 59.2 Å². The van der Waals surface area contributed by atoms with Crippen LogP contribution in [0.25, 0.3) is 0 Å². The Morgan fingerprint density at radius 1 is 1.04 bits per heavy atom. The molecule has 0 aliphatic heterocycles. The number of amides is 1. The third-order valence-corrected chi connectivity index (χ3v) is 3.90. The van der Waals surface area contributed by atoms with E-state index in [0.29, 0.717) is 19.4 Å². The maximum Gasteiger partial charge on any atom is 0.224 e. The average molecular weight is 311 g/mol. The zero-order valence-corrected chi connectivity index (χ0v) is 14.2. The standard InChI is InChI=1S/C20H25NO2/c1-4-16-11-8-9-15(3)20(16)21-19(22)14-13-17-10-6-7-12-18(17)23-5-2/h6-12H,4-5,13-14H2,1-3H3,(H,21,22). The smallest absolute Gasteiger partial charge is 0.224 e. The van der Waals surface area contributed by atoms with Crippen LogP contribution in [-0.4, -0.2) is 12.5 Å². The summed E-state index contributed by atoms with van der Waals surface area (Å²) in [7, 11) is 0. The molecule has 1 amide bonds. The van der Waals surface area contributed by atoms with Crippen LogP contribution in [0, 0.1) is 6.92 Å². The highest BCUT2D eigenvalue weighted by Crippen LogP contribution is 2.23. The molecule has 122 valence electrons. The van der Waals surface area contributed by atoms with Gasteiger partial charge < -0.3 is 10.1 Å². The van der Waals surface area contributed by atoms with Gasteiger partial charge in [-0.2, -0.15) is 0 Å². The molecule has 0 unspecified atom stereocenters. The molecule has 0 saturated carbocycles. The maximum atomic E-state index is 12.3. The van der Waals surface area contributed by atoms with Gasteiger partial charge in [0.1, 0.15) is 5.75 Å². The summed E-state index contributed by atoms with van der Waals surface area (Å²) >= 11 is 0. The lowest BCUT2D eigenvalue weighted by Crippen LogP contribution is -2.15. The number of ether oxygens (including phenoxy) is 1. The zero-order chi connectivity index (χ0) is 16.7. The first-order chi connectivity index (χ1) is 11.2. The highest BCUT2D eigenvalue weighted by atomic mass is 16.5. The second kappa shape index (κ2) is 8.37. The van der Waals surface area contributed by atoms with E-state index in [9.17, 15) is 4.79 Å². The van der Waals surface area contributed by atoms with Gasteiger partial charge in [0.2, 0.25) is 5.91 Å². The molecule has 0 aliphatic carbocycles. The summed E-state index contributed by atoms with van der Waals surface area (Å²) in [6.45, 7) is 6.72. The van der Waals surface area contributed by atoms with E-state index >= 15 is 0 Å². The van der Waals surface area contributed by atoms with E-state index < -0.39 is 0 Å². The highest BCUT2D eigenvalue weighted by molar-refractivity contribution is 5.92. The van der Waals surface area contributed by atoms with Crippen LogP contribution in [0.5, 0.6) is 5.75 Å². The Balaban J connectivity index is 2.01. The summed E-state index contributed by atoms with van der Waals surface area (Å²) in [6, 6.07) is 14.0. The van der Waals surface area contributed by atoms with Crippen LogP contribution in [0.3, 0.4) is 0 Å². The van der Waals surface area contributed by atoms with Crippen LogP contribution in [-0.2, 0) is 17.6 Å². The molecule has 0 aliphatic rings. The van der Waals surface area contributed by atoms with Crippen molar-refractivity contribution in [1.82, 2.24) is 0 Å². The molecule has 0 fully saturated rings. The number of anilines is 1. The monoisotopic (exact) mass is 311 g/mol.